The van der Waals surface area contributed by atoms with Crippen molar-refractivity contribution in [2.45, 2.75) is 0 Å². The predicted molar refractivity (Wildman–Crippen MR) is 76.1 cm³/mol. The lowest BCUT2D eigenvalue weighted by molar-refractivity contribution is 0.628. The van der Waals surface area contributed by atoms with Crippen molar-refractivity contribution in [1.82, 2.24) is 0 Å². The van der Waals surface area contributed by atoms with E-state index in [2.05, 4.69) is 0 Å². The zero-order chi connectivity index (χ0) is 13.8. The van der Waals surface area contributed by atoms with Gasteiger partial charge >= 0.3 is 0 Å². The number of benzene rings is 2. The van der Waals surface area contributed by atoms with Crippen molar-refractivity contribution in [2.75, 3.05) is 0 Å². The third-order valence-corrected chi connectivity index (χ3v) is 3.36. The summed E-state index contributed by atoms with van der Waals surface area (Å²) in [5.41, 5.74) is 1.23. The molecule has 4 heteroatoms. The molecule has 0 N–H and O–H groups in total. The minimum atomic E-state index is -0.567. The molecular formula is C15H8Cl2FN. The highest BCUT2D eigenvalue weighted by molar-refractivity contribution is 6.54. The molecule has 0 unspecified atom stereocenters. The molecule has 0 aromatic heterocycles. The zero-order valence-electron chi connectivity index (χ0n) is 9.70. The Morgan fingerprint density at radius 1 is 1.05 bits per heavy atom. The second-order valence-electron chi connectivity index (χ2n) is 3.77. The van der Waals surface area contributed by atoms with E-state index in [9.17, 15) is 9.65 Å². The van der Waals surface area contributed by atoms with Crippen LogP contribution in [0.3, 0.4) is 0 Å². The van der Waals surface area contributed by atoms with Crippen LogP contribution in [0.25, 0.3) is 10.6 Å². The Morgan fingerprint density at radius 2 is 1.74 bits per heavy atom. The highest BCUT2D eigenvalue weighted by Gasteiger charge is 2.14. The van der Waals surface area contributed by atoms with Crippen LogP contribution in [0.2, 0.25) is 5.02 Å². The van der Waals surface area contributed by atoms with Gasteiger partial charge in [-0.25, -0.2) is 4.39 Å². The normalized spacial score (nSPS) is 11.7. The van der Waals surface area contributed by atoms with E-state index in [4.69, 9.17) is 23.2 Å². The van der Waals surface area contributed by atoms with Crippen molar-refractivity contribution < 1.29 is 4.39 Å². The summed E-state index contributed by atoms with van der Waals surface area (Å²) in [6.07, 6.45) is 0. The summed E-state index contributed by atoms with van der Waals surface area (Å²) in [6.45, 7) is 0. The molecule has 1 nitrogen and oxygen atoms in total. The molecule has 0 saturated carbocycles. The highest BCUT2D eigenvalue weighted by atomic mass is 35.5. The Kier molecular flexibility index (Phi) is 4.21. The molecule has 0 fully saturated rings. The molecule has 0 atom stereocenters. The number of allylic oxidation sites excluding steroid dienone is 1. The number of halogens is 3. The molecule has 19 heavy (non-hydrogen) atoms. The van der Waals surface area contributed by atoms with Crippen molar-refractivity contribution >= 4 is 33.8 Å². The van der Waals surface area contributed by atoms with Gasteiger partial charge in [-0.3, -0.25) is 0 Å². The van der Waals surface area contributed by atoms with Crippen LogP contribution in [0, 0.1) is 17.1 Å². The zero-order valence-corrected chi connectivity index (χ0v) is 11.2. The van der Waals surface area contributed by atoms with Gasteiger partial charge in [0.2, 0.25) is 0 Å². The van der Waals surface area contributed by atoms with Crippen LogP contribution >= 0.6 is 23.2 Å². The predicted octanol–water partition coefficient (Wildman–Crippen LogP) is 5.11. The molecule has 0 radical (unpaired) electrons. The molecule has 2 aromatic rings. The summed E-state index contributed by atoms with van der Waals surface area (Å²) in [6, 6.07) is 15.3. The number of nitrogens with zero attached hydrogens (tertiary/aromatic N) is 1. The molecule has 94 valence electrons. The first-order chi connectivity index (χ1) is 9.15. The van der Waals surface area contributed by atoms with Crippen molar-refractivity contribution in [3.63, 3.8) is 0 Å². The third kappa shape index (κ3) is 2.78. The first-order valence-corrected chi connectivity index (χ1v) is 6.20. The quantitative estimate of drug-likeness (QED) is 0.557. The fourth-order valence-corrected chi connectivity index (χ4v) is 2.23. The second-order valence-corrected chi connectivity index (χ2v) is 4.52. The van der Waals surface area contributed by atoms with Gasteiger partial charge in [0.15, 0.2) is 0 Å². The Bertz CT molecular complexity index is 672. The maximum Gasteiger partial charge on any atom is 0.142 e. The van der Waals surface area contributed by atoms with Crippen LogP contribution < -0.4 is 0 Å². The second kappa shape index (κ2) is 5.88. The molecule has 0 aliphatic carbocycles. The molecule has 0 bridgehead atoms. The SMILES string of the molecule is N#C/C(=C(\Cl)c1cccc(F)c1Cl)c1ccccc1. The van der Waals surface area contributed by atoms with Gasteiger partial charge in [-0.05, 0) is 11.6 Å². The van der Waals surface area contributed by atoms with E-state index < -0.39 is 5.82 Å². The summed E-state index contributed by atoms with van der Waals surface area (Å²) in [5.74, 6) is -0.567. The molecule has 2 aromatic carbocycles. The molecule has 0 amide bonds. The van der Waals surface area contributed by atoms with Crippen LogP contribution in [0.15, 0.2) is 48.5 Å². The van der Waals surface area contributed by atoms with Gasteiger partial charge in [0.05, 0.1) is 15.6 Å². The van der Waals surface area contributed by atoms with E-state index in [1.807, 2.05) is 12.1 Å². The largest absolute Gasteiger partial charge is 0.205 e. The number of nitriles is 1. The minimum absolute atomic E-state index is 0.0869. The molecular weight excluding hydrogens is 284 g/mol. The fraction of sp³-hybridized carbons (Fsp3) is 0. The lowest BCUT2D eigenvalue weighted by Gasteiger charge is -2.07. The lowest BCUT2D eigenvalue weighted by atomic mass is 10.0. The molecule has 2 rings (SSSR count). The van der Waals surface area contributed by atoms with E-state index >= 15 is 0 Å². The van der Waals surface area contributed by atoms with E-state index in [1.165, 1.54) is 12.1 Å². The molecule has 0 aliphatic rings. The van der Waals surface area contributed by atoms with Gasteiger partial charge in [0.1, 0.15) is 11.9 Å². The van der Waals surface area contributed by atoms with Gasteiger partial charge in [-0.15, -0.1) is 0 Å². The van der Waals surface area contributed by atoms with Gasteiger partial charge in [0.25, 0.3) is 0 Å². The molecule has 0 saturated heterocycles. The summed E-state index contributed by atoms with van der Waals surface area (Å²) in [5, 5.41) is 9.29. The Hall–Kier alpha value is -1.82. The monoisotopic (exact) mass is 291 g/mol. The Labute approximate surface area is 120 Å². The maximum absolute atomic E-state index is 13.4. The van der Waals surface area contributed by atoms with E-state index in [0.29, 0.717) is 11.1 Å². The molecule has 0 spiro atoms. The summed E-state index contributed by atoms with van der Waals surface area (Å²) in [7, 11) is 0. The Morgan fingerprint density at radius 3 is 2.37 bits per heavy atom. The van der Waals surface area contributed by atoms with Crippen molar-refractivity contribution in [2.24, 2.45) is 0 Å². The number of hydrogen-bond acceptors (Lipinski definition) is 1. The van der Waals surface area contributed by atoms with Gasteiger partial charge in [-0.1, -0.05) is 65.7 Å². The van der Waals surface area contributed by atoms with Gasteiger partial charge in [0, 0.05) is 5.56 Å². The maximum atomic E-state index is 13.4. The van der Waals surface area contributed by atoms with Crippen LogP contribution in [-0.2, 0) is 0 Å². The minimum Gasteiger partial charge on any atom is -0.205 e. The lowest BCUT2D eigenvalue weighted by Crippen LogP contribution is -1.89. The van der Waals surface area contributed by atoms with Crippen LogP contribution in [-0.4, -0.2) is 0 Å². The standard InChI is InChI=1S/C15H8Cl2FN/c16-14(11-7-4-8-13(18)15(11)17)12(9-19)10-5-2-1-3-6-10/h1-8H/b14-12+. The van der Waals surface area contributed by atoms with Crippen molar-refractivity contribution in [3.8, 4) is 6.07 Å². The number of rotatable bonds is 2. The Balaban J connectivity index is 2.63. The first-order valence-electron chi connectivity index (χ1n) is 5.45. The van der Waals surface area contributed by atoms with Crippen molar-refractivity contribution in [3.05, 3.63) is 70.5 Å². The first kappa shape index (κ1) is 13.6. The molecule has 0 aliphatic heterocycles. The average molecular weight is 292 g/mol. The van der Waals surface area contributed by atoms with E-state index in [-0.39, 0.29) is 15.6 Å². The van der Waals surface area contributed by atoms with Crippen LogP contribution in [0.5, 0.6) is 0 Å². The van der Waals surface area contributed by atoms with Crippen molar-refractivity contribution in [1.29, 1.82) is 5.26 Å². The summed E-state index contributed by atoms with van der Waals surface area (Å²) < 4.78 is 13.4. The topological polar surface area (TPSA) is 23.8 Å². The van der Waals surface area contributed by atoms with E-state index in [0.717, 1.165) is 0 Å². The molecule has 0 heterocycles. The van der Waals surface area contributed by atoms with Crippen LogP contribution in [0.4, 0.5) is 4.39 Å². The third-order valence-electron chi connectivity index (χ3n) is 2.58. The van der Waals surface area contributed by atoms with Gasteiger partial charge < -0.3 is 0 Å². The smallest absolute Gasteiger partial charge is 0.142 e. The van der Waals surface area contributed by atoms with Crippen LogP contribution in [0.1, 0.15) is 11.1 Å². The summed E-state index contributed by atoms with van der Waals surface area (Å²) in [4.78, 5) is 0. The van der Waals surface area contributed by atoms with E-state index in [1.54, 1.807) is 30.3 Å². The van der Waals surface area contributed by atoms with Gasteiger partial charge in [-0.2, -0.15) is 5.26 Å². The number of hydrogen-bond donors (Lipinski definition) is 0. The highest BCUT2D eigenvalue weighted by Crippen LogP contribution is 2.34. The average Bonchev–Trinajstić information content (AvgIpc) is 2.44. The fourth-order valence-electron chi connectivity index (χ4n) is 1.65. The summed E-state index contributed by atoms with van der Waals surface area (Å²) >= 11 is 12.1.